The quantitative estimate of drug-likeness (QED) is 0.600. The highest BCUT2D eigenvalue weighted by atomic mass is 15.3. The molecule has 1 heterocycles. The molecular weight excluding hydrogens is 196 g/mol. The third kappa shape index (κ3) is 3.33. The molecule has 2 N–H and O–H groups in total. The zero-order valence-electron chi connectivity index (χ0n) is 11.0. The smallest absolute Gasteiger partial charge is 0.127 e. The van der Waals surface area contributed by atoms with Gasteiger partial charge < -0.3 is 9.80 Å². The van der Waals surface area contributed by atoms with E-state index in [4.69, 9.17) is 0 Å². The molecule has 0 aromatic rings. The van der Waals surface area contributed by atoms with Crippen molar-refractivity contribution in [3.05, 3.63) is 12.2 Å². The molecule has 0 amide bonds. The van der Waals surface area contributed by atoms with Crippen LogP contribution >= 0.6 is 0 Å². The summed E-state index contributed by atoms with van der Waals surface area (Å²) >= 11 is 0. The Hall–Kier alpha value is -0.340. The minimum atomic E-state index is 0.819. The highest BCUT2D eigenvalue weighted by molar-refractivity contribution is 4.89. The van der Waals surface area contributed by atoms with E-state index in [1.54, 1.807) is 0 Å². The van der Waals surface area contributed by atoms with Crippen molar-refractivity contribution in [1.29, 1.82) is 0 Å². The Kier molecular flexibility index (Phi) is 4.42. The summed E-state index contributed by atoms with van der Waals surface area (Å²) in [5, 5.41) is 0. The van der Waals surface area contributed by atoms with Gasteiger partial charge in [0.05, 0.1) is 12.6 Å². The van der Waals surface area contributed by atoms with Crippen LogP contribution in [-0.2, 0) is 0 Å². The third-order valence-electron chi connectivity index (χ3n) is 4.37. The molecule has 2 rings (SSSR count). The van der Waals surface area contributed by atoms with E-state index in [0.717, 1.165) is 12.0 Å². The van der Waals surface area contributed by atoms with Gasteiger partial charge in [0.15, 0.2) is 0 Å². The molecule has 0 bridgehead atoms. The Labute approximate surface area is 100 Å². The van der Waals surface area contributed by atoms with Crippen LogP contribution in [-0.4, -0.2) is 38.8 Å². The van der Waals surface area contributed by atoms with Gasteiger partial charge in [-0.05, 0) is 33.1 Å². The number of hydrogen-bond donors (Lipinski definition) is 2. The predicted octanol–water partition coefficient (Wildman–Crippen LogP) is -0.465. The fourth-order valence-electron chi connectivity index (χ4n) is 3.16. The lowest BCUT2D eigenvalue weighted by Crippen LogP contribution is -3.29. The number of quaternary nitrogens is 2. The molecule has 16 heavy (non-hydrogen) atoms. The first kappa shape index (κ1) is 12.1. The molecular formula is C14H28N2+2. The predicted molar refractivity (Wildman–Crippen MR) is 67.9 cm³/mol. The highest BCUT2D eigenvalue weighted by Crippen LogP contribution is 2.15. The van der Waals surface area contributed by atoms with E-state index < -0.39 is 0 Å². The molecule has 1 saturated heterocycles. The van der Waals surface area contributed by atoms with Crippen molar-refractivity contribution in [2.24, 2.45) is 5.92 Å². The number of allylic oxidation sites excluding steroid dienone is 2. The van der Waals surface area contributed by atoms with E-state index in [0.29, 0.717) is 0 Å². The third-order valence-corrected chi connectivity index (χ3v) is 4.37. The van der Waals surface area contributed by atoms with E-state index in [-0.39, 0.29) is 0 Å². The minimum Gasteiger partial charge on any atom is -0.325 e. The van der Waals surface area contributed by atoms with Gasteiger partial charge >= 0.3 is 0 Å². The molecule has 2 heteroatoms. The van der Waals surface area contributed by atoms with Gasteiger partial charge in [-0.3, -0.25) is 0 Å². The average molecular weight is 224 g/mol. The number of piperazine rings is 1. The van der Waals surface area contributed by atoms with Crippen molar-refractivity contribution in [3.63, 3.8) is 0 Å². The first-order chi connectivity index (χ1) is 7.75. The van der Waals surface area contributed by atoms with Crippen LogP contribution < -0.4 is 9.80 Å². The van der Waals surface area contributed by atoms with Crippen LogP contribution in [0, 0.1) is 5.92 Å². The van der Waals surface area contributed by atoms with Gasteiger partial charge in [-0.25, -0.2) is 0 Å². The summed E-state index contributed by atoms with van der Waals surface area (Å²) in [4.78, 5) is 3.68. The standard InChI is InChI=1S/C14H26N2/c1-13(2)16-10-8-15(9-11-16)12-14-6-4-3-5-7-14/h3-4,13-14H,5-12H2,1-2H3/p+2/t14-/m0/s1. The Balaban J connectivity index is 1.70. The Bertz CT molecular complexity index is 227. The summed E-state index contributed by atoms with van der Waals surface area (Å²) in [6.45, 7) is 11.7. The average Bonchev–Trinajstić information content (AvgIpc) is 2.31. The van der Waals surface area contributed by atoms with Crippen LogP contribution in [0.4, 0.5) is 0 Å². The molecule has 0 aromatic carbocycles. The van der Waals surface area contributed by atoms with Gasteiger partial charge in [0.1, 0.15) is 26.2 Å². The molecule has 1 aliphatic carbocycles. The Morgan fingerprint density at radius 1 is 1.12 bits per heavy atom. The fourth-order valence-corrected chi connectivity index (χ4v) is 3.16. The Morgan fingerprint density at radius 2 is 1.88 bits per heavy atom. The van der Waals surface area contributed by atoms with Crippen molar-refractivity contribution in [1.82, 2.24) is 0 Å². The molecule has 1 aliphatic heterocycles. The van der Waals surface area contributed by atoms with Gasteiger partial charge in [-0.15, -0.1) is 0 Å². The molecule has 2 nitrogen and oxygen atoms in total. The van der Waals surface area contributed by atoms with E-state index in [1.807, 2.05) is 9.80 Å². The second-order valence-electron chi connectivity index (χ2n) is 5.92. The topological polar surface area (TPSA) is 8.88 Å². The lowest BCUT2D eigenvalue weighted by Gasteiger charge is -2.33. The largest absolute Gasteiger partial charge is 0.325 e. The highest BCUT2D eigenvalue weighted by Gasteiger charge is 2.26. The van der Waals surface area contributed by atoms with Crippen LogP contribution in [0.3, 0.4) is 0 Å². The number of rotatable bonds is 3. The Morgan fingerprint density at radius 3 is 2.44 bits per heavy atom. The molecule has 0 aromatic heterocycles. The first-order valence-electron chi connectivity index (χ1n) is 7.09. The molecule has 2 aliphatic rings. The summed E-state index contributed by atoms with van der Waals surface area (Å²) < 4.78 is 0. The summed E-state index contributed by atoms with van der Waals surface area (Å²) in [6.07, 6.45) is 8.84. The van der Waals surface area contributed by atoms with Gasteiger partial charge in [0, 0.05) is 5.92 Å². The SMILES string of the molecule is CC(C)[NH+]1CC[NH+](C[C@H]2CC=CCC2)CC1. The van der Waals surface area contributed by atoms with Gasteiger partial charge in [-0.1, -0.05) is 12.2 Å². The summed E-state index contributed by atoms with van der Waals surface area (Å²) in [5.74, 6) is 0.973. The molecule has 1 fully saturated rings. The second kappa shape index (κ2) is 5.83. The molecule has 0 unspecified atom stereocenters. The van der Waals surface area contributed by atoms with Crippen LogP contribution in [0.1, 0.15) is 33.1 Å². The van der Waals surface area contributed by atoms with Crippen LogP contribution in [0.15, 0.2) is 12.2 Å². The number of nitrogens with one attached hydrogen (secondary N) is 2. The van der Waals surface area contributed by atoms with Crippen LogP contribution in [0.5, 0.6) is 0 Å². The van der Waals surface area contributed by atoms with Crippen molar-refractivity contribution in [3.8, 4) is 0 Å². The van der Waals surface area contributed by atoms with Crippen molar-refractivity contribution < 1.29 is 9.80 Å². The van der Waals surface area contributed by atoms with Gasteiger partial charge in [0.2, 0.25) is 0 Å². The van der Waals surface area contributed by atoms with Crippen molar-refractivity contribution in [2.75, 3.05) is 32.7 Å². The maximum absolute atomic E-state index is 2.39. The molecule has 0 radical (unpaired) electrons. The summed E-state index contributed by atoms with van der Waals surface area (Å²) in [6, 6.07) is 0.819. The van der Waals surface area contributed by atoms with E-state index in [2.05, 4.69) is 26.0 Å². The zero-order chi connectivity index (χ0) is 11.4. The van der Waals surface area contributed by atoms with Crippen molar-refractivity contribution >= 4 is 0 Å². The first-order valence-corrected chi connectivity index (χ1v) is 7.09. The van der Waals surface area contributed by atoms with E-state index in [9.17, 15) is 0 Å². The second-order valence-corrected chi connectivity index (χ2v) is 5.92. The van der Waals surface area contributed by atoms with Gasteiger partial charge in [-0.2, -0.15) is 0 Å². The molecule has 0 spiro atoms. The summed E-state index contributed by atoms with van der Waals surface area (Å²) in [5.41, 5.74) is 0. The normalized spacial score (nSPS) is 35.6. The van der Waals surface area contributed by atoms with Crippen LogP contribution in [0.2, 0.25) is 0 Å². The lowest BCUT2D eigenvalue weighted by atomic mass is 9.94. The van der Waals surface area contributed by atoms with E-state index in [1.165, 1.54) is 52.0 Å². The van der Waals surface area contributed by atoms with Crippen molar-refractivity contribution in [2.45, 2.75) is 39.2 Å². The minimum absolute atomic E-state index is 0.819. The van der Waals surface area contributed by atoms with E-state index >= 15 is 0 Å². The fraction of sp³-hybridized carbons (Fsp3) is 0.857. The van der Waals surface area contributed by atoms with Crippen LogP contribution in [0.25, 0.3) is 0 Å². The zero-order valence-corrected chi connectivity index (χ0v) is 11.0. The summed E-state index contributed by atoms with van der Waals surface area (Å²) in [7, 11) is 0. The number of hydrogen-bond acceptors (Lipinski definition) is 0. The molecule has 92 valence electrons. The molecule has 1 atom stereocenters. The maximum Gasteiger partial charge on any atom is 0.127 e. The maximum atomic E-state index is 2.39. The monoisotopic (exact) mass is 224 g/mol. The molecule has 0 saturated carbocycles. The van der Waals surface area contributed by atoms with Gasteiger partial charge in [0.25, 0.3) is 0 Å². The lowest BCUT2D eigenvalue weighted by molar-refractivity contribution is -1.02.